The predicted molar refractivity (Wildman–Crippen MR) is 112 cm³/mol. The second-order valence-corrected chi connectivity index (χ2v) is 7.13. The first kappa shape index (κ1) is 27.0. The molecule has 0 radical (unpaired) electrons. The SMILES string of the molecule is NC(=O)CCC(NC(=O)C(CCC(N)=O)NC(=O)CNC(=O)C(N)Cc1cnc[nH]1)C(=O)O. The summed E-state index contributed by atoms with van der Waals surface area (Å²) in [6, 6.07) is -3.73. The highest BCUT2D eigenvalue weighted by Crippen LogP contribution is 2.03. The second-order valence-electron chi connectivity index (χ2n) is 7.13. The fourth-order valence-corrected chi connectivity index (χ4v) is 2.64. The molecule has 0 fully saturated rings. The van der Waals surface area contributed by atoms with E-state index in [4.69, 9.17) is 17.2 Å². The molecule has 1 rings (SSSR count). The maximum atomic E-state index is 12.5. The third kappa shape index (κ3) is 10.7. The molecule has 3 atom stereocenters. The van der Waals surface area contributed by atoms with E-state index in [-0.39, 0.29) is 32.1 Å². The lowest BCUT2D eigenvalue weighted by Crippen LogP contribution is -2.54. The molecule has 15 heteroatoms. The van der Waals surface area contributed by atoms with Crippen LogP contribution >= 0.6 is 0 Å². The fourth-order valence-electron chi connectivity index (χ4n) is 2.64. The molecule has 5 amide bonds. The fraction of sp³-hybridized carbons (Fsp3) is 0.500. The monoisotopic (exact) mass is 468 g/mol. The number of hydrogen-bond acceptors (Lipinski definition) is 8. The normalized spacial score (nSPS) is 13.2. The first-order valence-corrected chi connectivity index (χ1v) is 9.89. The number of imidazole rings is 1. The summed E-state index contributed by atoms with van der Waals surface area (Å²) in [5.74, 6) is -5.24. The van der Waals surface area contributed by atoms with E-state index >= 15 is 0 Å². The van der Waals surface area contributed by atoms with Crippen molar-refractivity contribution in [3.8, 4) is 0 Å². The van der Waals surface area contributed by atoms with E-state index in [1.807, 2.05) is 0 Å². The molecule has 0 spiro atoms. The van der Waals surface area contributed by atoms with Crippen molar-refractivity contribution in [2.24, 2.45) is 17.2 Å². The van der Waals surface area contributed by atoms with Gasteiger partial charge in [0.1, 0.15) is 12.1 Å². The zero-order chi connectivity index (χ0) is 25.0. The lowest BCUT2D eigenvalue weighted by molar-refractivity contribution is -0.142. The number of aromatic nitrogens is 2. The molecule has 0 saturated carbocycles. The molecule has 15 nitrogen and oxygen atoms in total. The van der Waals surface area contributed by atoms with E-state index in [2.05, 4.69) is 25.9 Å². The predicted octanol–water partition coefficient (Wildman–Crippen LogP) is -4.02. The summed E-state index contributed by atoms with van der Waals surface area (Å²) >= 11 is 0. The van der Waals surface area contributed by atoms with Crippen LogP contribution in [0, 0.1) is 0 Å². The standard InChI is InChI=1S/C18H28N8O7/c19-10(5-9-6-22-8-24-9)16(30)23-7-15(29)25-11(1-3-13(20)27)17(31)26-12(18(32)33)2-4-14(21)28/h6,8,10-12H,1-5,7,19H2,(H2,20,27)(H2,21,28)(H,22,24)(H,23,30)(H,25,29)(H,26,31)(H,32,33). The summed E-state index contributed by atoms with van der Waals surface area (Å²) in [5.41, 5.74) is 16.5. The van der Waals surface area contributed by atoms with Crippen molar-refractivity contribution < 1.29 is 33.9 Å². The lowest BCUT2D eigenvalue weighted by Gasteiger charge is -2.21. The Hall–Kier alpha value is -4.01. The molecule has 0 aliphatic heterocycles. The number of carboxylic acid groups (broad SMARTS) is 1. The number of amides is 5. The summed E-state index contributed by atoms with van der Waals surface area (Å²) in [6.07, 6.45) is 2.01. The molecule has 0 saturated heterocycles. The summed E-state index contributed by atoms with van der Waals surface area (Å²) in [5, 5.41) is 16.0. The van der Waals surface area contributed by atoms with Gasteiger partial charge in [0.2, 0.25) is 29.5 Å². The Balaban J connectivity index is 2.67. The van der Waals surface area contributed by atoms with Gasteiger partial charge in [-0.2, -0.15) is 0 Å². The van der Waals surface area contributed by atoms with Crippen LogP contribution in [0.3, 0.4) is 0 Å². The molecule has 0 bridgehead atoms. The topological polar surface area (TPSA) is 265 Å². The average Bonchev–Trinajstić information content (AvgIpc) is 3.24. The molecule has 1 heterocycles. The number of hydrogen-bond donors (Lipinski definition) is 8. The number of primary amides is 2. The number of nitrogens with one attached hydrogen (secondary N) is 4. The molecule has 3 unspecified atom stereocenters. The molecule has 1 aromatic rings. The summed E-state index contributed by atoms with van der Waals surface area (Å²) in [6.45, 7) is -0.528. The number of aliphatic carboxylic acids is 1. The minimum absolute atomic E-state index is 0.152. The van der Waals surface area contributed by atoms with Gasteiger partial charge in [0.05, 0.1) is 18.9 Å². The molecule has 0 aromatic carbocycles. The molecule has 182 valence electrons. The summed E-state index contributed by atoms with van der Waals surface area (Å²) in [7, 11) is 0. The van der Waals surface area contributed by atoms with Crippen molar-refractivity contribution in [2.45, 2.75) is 50.2 Å². The number of carboxylic acids is 1. The Bertz CT molecular complexity index is 858. The van der Waals surface area contributed by atoms with Crippen LogP contribution in [0.2, 0.25) is 0 Å². The highest BCUT2D eigenvalue weighted by Gasteiger charge is 2.27. The maximum absolute atomic E-state index is 12.5. The van der Waals surface area contributed by atoms with Gasteiger partial charge in [0.25, 0.3) is 0 Å². The minimum atomic E-state index is -1.45. The molecular weight excluding hydrogens is 440 g/mol. The van der Waals surface area contributed by atoms with Crippen LogP contribution in [-0.2, 0) is 35.2 Å². The zero-order valence-corrected chi connectivity index (χ0v) is 17.7. The molecule has 11 N–H and O–H groups in total. The molecular formula is C18H28N8O7. The molecule has 33 heavy (non-hydrogen) atoms. The Morgan fingerprint density at radius 2 is 1.58 bits per heavy atom. The van der Waals surface area contributed by atoms with Crippen molar-refractivity contribution in [1.29, 1.82) is 0 Å². The van der Waals surface area contributed by atoms with Crippen LogP contribution in [0.25, 0.3) is 0 Å². The smallest absolute Gasteiger partial charge is 0.326 e. The quantitative estimate of drug-likeness (QED) is 0.124. The van der Waals surface area contributed by atoms with E-state index < -0.39 is 60.2 Å². The van der Waals surface area contributed by atoms with Crippen molar-refractivity contribution in [2.75, 3.05) is 6.54 Å². The van der Waals surface area contributed by atoms with Crippen molar-refractivity contribution in [3.05, 3.63) is 18.2 Å². The van der Waals surface area contributed by atoms with Crippen LogP contribution < -0.4 is 33.2 Å². The lowest BCUT2D eigenvalue weighted by atomic mass is 10.1. The summed E-state index contributed by atoms with van der Waals surface area (Å²) < 4.78 is 0. The first-order valence-electron chi connectivity index (χ1n) is 9.89. The van der Waals surface area contributed by atoms with E-state index in [1.165, 1.54) is 12.5 Å². The van der Waals surface area contributed by atoms with E-state index in [0.29, 0.717) is 5.69 Å². The van der Waals surface area contributed by atoms with Gasteiger partial charge in [-0.15, -0.1) is 0 Å². The largest absolute Gasteiger partial charge is 0.480 e. The van der Waals surface area contributed by atoms with E-state index in [0.717, 1.165) is 0 Å². The van der Waals surface area contributed by atoms with Crippen LogP contribution in [-0.4, -0.2) is 75.2 Å². The molecule has 0 aliphatic rings. The van der Waals surface area contributed by atoms with Crippen molar-refractivity contribution in [1.82, 2.24) is 25.9 Å². The van der Waals surface area contributed by atoms with Gasteiger partial charge in [-0.25, -0.2) is 9.78 Å². The number of rotatable bonds is 15. The van der Waals surface area contributed by atoms with Crippen LogP contribution in [0.15, 0.2) is 12.5 Å². The number of nitrogens with zero attached hydrogens (tertiary/aromatic N) is 1. The third-order valence-electron chi connectivity index (χ3n) is 4.38. The average molecular weight is 468 g/mol. The number of H-pyrrole nitrogens is 1. The van der Waals surface area contributed by atoms with Gasteiger partial charge in [-0.1, -0.05) is 0 Å². The molecule has 1 aromatic heterocycles. The highest BCUT2D eigenvalue weighted by molar-refractivity contribution is 5.93. The van der Waals surface area contributed by atoms with Crippen LogP contribution in [0.5, 0.6) is 0 Å². The highest BCUT2D eigenvalue weighted by atomic mass is 16.4. The van der Waals surface area contributed by atoms with Crippen LogP contribution in [0.1, 0.15) is 31.4 Å². The number of nitrogens with two attached hydrogens (primary N) is 3. The Labute approximate surface area is 188 Å². The number of carbonyl (C=O) groups is 6. The van der Waals surface area contributed by atoms with Gasteiger partial charge in [0.15, 0.2) is 0 Å². The van der Waals surface area contributed by atoms with Gasteiger partial charge in [-0.3, -0.25) is 24.0 Å². The number of carbonyl (C=O) groups excluding carboxylic acids is 5. The van der Waals surface area contributed by atoms with Gasteiger partial charge < -0.3 is 43.2 Å². The Morgan fingerprint density at radius 1 is 0.970 bits per heavy atom. The first-order chi connectivity index (χ1) is 15.5. The van der Waals surface area contributed by atoms with Gasteiger partial charge in [-0.05, 0) is 12.8 Å². The van der Waals surface area contributed by atoms with Gasteiger partial charge >= 0.3 is 5.97 Å². The van der Waals surface area contributed by atoms with E-state index in [9.17, 15) is 33.9 Å². The van der Waals surface area contributed by atoms with Gasteiger partial charge in [0, 0.05) is 31.2 Å². The number of aromatic amines is 1. The minimum Gasteiger partial charge on any atom is -0.480 e. The Kier molecular flexibility index (Phi) is 11.0. The van der Waals surface area contributed by atoms with E-state index in [1.54, 1.807) is 0 Å². The molecule has 0 aliphatic carbocycles. The van der Waals surface area contributed by atoms with Crippen molar-refractivity contribution >= 4 is 35.5 Å². The second kappa shape index (κ2) is 13.4. The zero-order valence-electron chi connectivity index (χ0n) is 17.7. The van der Waals surface area contributed by atoms with Crippen molar-refractivity contribution in [3.63, 3.8) is 0 Å². The Morgan fingerprint density at radius 3 is 2.09 bits per heavy atom. The van der Waals surface area contributed by atoms with Crippen LogP contribution in [0.4, 0.5) is 0 Å². The third-order valence-corrected chi connectivity index (χ3v) is 4.38. The maximum Gasteiger partial charge on any atom is 0.326 e. The summed E-state index contributed by atoms with van der Waals surface area (Å²) in [4.78, 5) is 76.7.